The van der Waals surface area contributed by atoms with Crippen molar-refractivity contribution in [2.45, 2.75) is 261 Å². The van der Waals surface area contributed by atoms with E-state index in [-0.39, 0.29) is 21.7 Å². The van der Waals surface area contributed by atoms with E-state index in [4.69, 9.17) is 0 Å². The Labute approximate surface area is 462 Å². The fourth-order valence-electron chi connectivity index (χ4n) is 10.2. The van der Waals surface area contributed by atoms with Gasteiger partial charge in [-0.05, 0) is 149 Å². The molecule has 2 atom stereocenters. The second-order valence-corrected chi connectivity index (χ2v) is 33.3. The Morgan fingerprint density at radius 2 is 0.730 bits per heavy atom. The van der Waals surface area contributed by atoms with Crippen LogP contribution in [0.15, 0.2) is 115 Å². The van der Waals surface area contributed by atoms with Crippen LogP contribution in [-0.2, 0) is 28.1 Å². The Morgan fingerprint density at radius 3 is 1.01 bits per heavy atom. The highest BCUT2D eigenvalue weighted by molar-refractivity contribution is 5.82. The van der Waals surface area contributed by atoms with Gasteiger partial charge in [0.25, 0.3) is 0 Å². The lowest BCUT2D eigenvalue weighted by molar-refractivity contribution is -0.0146. The molecule has 0 radical (unpaired) electrons. The van der Waals surface area contributed by atoms with Gasteiger partial charge in [-0.3, -0.25) is 0 Å². The average Bonchev–Trinajstić information content (AvgIpc) is 3.17. The van der Waals surface area contributed by atoms with E-state index in [2.05, 4.69) is 323 Å². The topological polar surface area (TPSA) is 0 Å². The molecule has 0 aromatic heterocycles. The lowest BCUT2D eigenvalue weighted by Gasteiger charge is -2.52. The third-order valence-electron chi connectivity index (χ3n) is 13.2. The van der Waals surface area contributed by atoms with Gasteiger partial charge in [0.05, 0.1) is 0 Å². The molecule has 1 aliphatic carbocycles. The maximum Gasteiger partial charge on any atom is -0.00258 e. The summed E-state index contributed by atoms with van der Waals surface area (Å²) in [6.07, 6.45) is 6.57. The van der Waals surface area contributed by atoms with Crippen LogP contribution in [0.1, 0.15) is 265 Å². The maximum atomic E-state index is 2.54. The van der Waals surface area contributed by atoms with Gasteiger partial charge in [0.2, 0.25) is 0 Å². The molecular formula is C74H120. The van der Waals surface area contributed by atoms with E-state index in [1.807, 2.05) is 0 Å². The van der Waals surface area contributed by atoms with Crippen LogP contribution < -0.4 is 0 Å². The van der Waals surface area contributed by atoms with Crippen LogP contribution in [0.25, 0.3) is 10.8 Å². The molecule has 1 saturated carbocycles. The molecule has 2 unspecified atom stereocenters. The van der Waals surface area contributed by atoms with Crippen molar-refractivity contribution in [2.24, 2.45) is 38.4 Å². The van der Waals surface area contributed by atoms with Gasteiger partial charge in [-0.1, -0.05) is 316 Å². The molecule has 0 heterocycles. The van der Waals surface area contributed by atoms with Gasteiger partial charge < -0.3 is 0 Å². The second kappa shape index (κ2) is 26.6. The van der Waals surface area contributed by atoms with Crippen molar-refractivity contribution in [3.63, 3.8) is 0 Å². The van der Waals surface area contributed by atoms with Crippen molar-refractivity contribution in [3.05, 3.63) is 154 Å². The predicted molar refractivity (Wildman–Crippen MR) is 339 cm³/mol. The molecule has 5 aromatic carbocycles. The normalized spacial score (nSPS) is 17.3. The number of hydrogen-bond donors (Lipinski definition) is 0. The van der Waals surface area contributed by atoms with Crippen LogP contribution >= 0.6 is 0 Å². The summed E-state index contributed by atoms with van der Waals surface area (Å²) in [7, 11) is 0. The fourth-order valence-corrected chi connectivity index (χ4v) is 10.2. The summed E-state index contributed by atoms with van der Waals surface area (Å²) in [5, 5.41) is 2.62. The molecule has 0 saturated heterocycles. The Kier molecular flexibility index (Phi) is 24.6. The van der Waals surface area contributed by atoms with Crippen LogP contribution in [0.3, 0.4) is 0 Å². The van der Waals surface area contributed by atoms with Gasteiger partial charge in [-0.2, -0.15) is 0 Å². The minimum Gasteiger partial charge on any atom is -0.0616 e. The molecule has 0 spiro atoms. The molecule has 0 bridgehead atoms. The molecule has 5 aromatic rings. The average molecular weight is 1010 g/mol. The zero-order valence-corrected chi connectivity index (χ0v) is 54.6. The van der Waals surface area contributed by atoms with Gasteiger partial charge in [-0.15, -0.1) is 0 Å². The van der Waals surface area contributed by atoms with Crippen molar-refractivity contribution in [2.75, 3.05) is 0 Å². The molecule has 1 fully saturated rings. The third kappa shape index (κ3) is 29.0. The Balaban J connectivity index is 0.000000473. The molecule has 0 N–H and O–H groups in total. The first-order valence-corrected chi connectivity index (χ1v) is 28.7. The summed E-state index contributed by atoms with van der Waals surface area (Å²) in [6, 6.07) is 41.7. The fraction of sp³-hybridized carbons (Fsp3) is 0.622. The van der Waals surface area contributed by atoms with Gasteiger partial charge in [0.1, 0.15) is 0 Å². The van der Waals surface area contributed by atoms with Crippen molar-refractivity contribution < 1.29 is 0 Å². The summed E-state index contributed by atoms with van der Waals surface area (Å²) in [6.45, 7) is 68.8. The zero-order chi connectivity index (χ0) is 57.7. The maximum absolute atomic E-state index is 2.54. The Morgan fingerprint density at radius 1 is 0.405 bits per heavy atom. The van der Waals surface area contributed by atoms with Crippen LogP contribution in [-0.4, -0.2) is 0 Å². The highest BCUT2D eigenvalue weighted by Gasteiger charge is 2.45. The molecule has 6 rings (SSSR count). The third-order valence-corrected chi connectivity index (χ3v) is 13.2. The first-order valence-electron chi connectivity index (χ1n) is 28.7. The molecule has 0 heteroatoms. The summed E-state index contributed by atoms with van der Waals surface area (Å²) < 4.78 is 0. The summed E-state index contributed by atoms with van der Waals surface area (Å²) in [4.78, 5) is 0. The minimum absolute atomic E-state index is 0.229. The van der Waals surface area contributed by atoms with Crippen LogP contribution in [0.2, 0.25) is 0 Å². The van der Waals surface area contributed by atoms with Gasteiger partial charge in [0, 0.05) is 0 Å². The second-order valence-electron chi connectivity index (χ2n) is 33.3. The molecule has 416 valence electrons. The van der Waals surface area contributed by atoms with Crippen LogP contribution in [0, 0.1) is 45.3 Å². The van der Waals surface area contributed by atoms with E-state index >= 15 is 0 Å². The first kappa shape index (κ1) is 68.4. The number of aryl methyl sites for hydroxylation is 1. The summed E-state index contributed by atoms with van der Waals surface area (Å²) in [5.74, 6) is 0.869. The predicted octanol–water partition coefficient (Wildman–Crippen LogP) is 23.7. The van der Waals surface area contributed by atoms with E-state index in [0.29, 0.717) is 32.5 Å². The Bertz CT molecular complexity index is 2210. The first-order chi connectivity index (χ1) is 33.0. The number of hydrogen-bond acceptors (Lipinski definition) is 0. The van der Waals surface area contributed by atoms with Crippen molar-refractivity contribution in [3.8, 4) is 0 Å². The van der Waals surface area contributed by atoms with Gasteiger partial charge in [0.15, 0.2) is 0 Å². The SMILES string of the molecule is CC(C)(C)C.CC(C)(C)C.CC(C)(C)CC1(C)CC(C(C)(C)C)CC(C)(C)C1.CC(C)(C)c1ccc(Cc2ccc(C(C)(C)C)cc2)cc1.Cc1ccc(C(C)(C)C)cc1C(C)(C)C.c1ccc2ccccc2c1. The Hall–Kier alpha value is -3.64. The van der Waals surface area contributed by atoms with Crippen molar-refractivity contribution >= 4 is 10.8 Å². The number of benzene rings is 5. The summed E-state index contributed by atoms with van der Waals surface area (Å²) in [5.41, 5.74) is 13.7. The van der Waals surface area contributed by atoms with E-state index in [1.54, 1.807) is 0 Å². The van der Waals surface area contributed by atoms with E-state index in [1.165, 1.54) is 75.4 Å². The molecule has 74 heavy (non-hydrogen) atoms. The molecular weight excluding hydrogens is 889 g/mol. The van der Waals surface area contributed by atoms with Crippen LogP contribution in [0.4, 0.5) is 0 Å². The van der Waals surface area contributed by atoms with Gasteiger partial charge in [-0.25, -0.2) is 0 Å². The minimum atomic E-state index is 0.229. The number of rotatable bonds is 3. The highest BCUT2D eigenvalue weighted by atomic mass is 14.5. The largest absolute Gasteiger partial charge is 0.0616 e. The smallest absolute Gasteiger partial charge is 0.00258 e. The zero-order valence-electron chi connectivity index (χ0n) is 54.6. The molecule has 1 aliphatic rings. The number of fused-ring (bicyclic) bond motifs is 1. The van der Waals surface area contributed by atoms with E-state index in [0.717, 1.165) is 12.3 Å². The molecule has 0 amide bonds. The highest BCUT2D eigenvalue weighted by Crippen LogP contribution is 2.56. The van der Waals surface area contributed by atoms with Crippen molar-refractivity contribution in [1.29, 1.82) is 0 Å². The summed E-state index contributed by atoms with van der Waals surface area (Å²) >= 11 is 0. The van der Waals surface area contributed by atoms with Gasteiger partial charge >= 0.3 is 0 Å². The van der Waals surface area contributed by atoms with Crippen LogP contribution in [0.5, 0.6) is 0 Å². The lowest BCUT2D eigenvalue weighted by Crippen LogP contribution is -2.41. The quantitative estimate of drug-likeness (QED) is 0.169. The molecule has 0 nitrogen and oxygen atoms in total. The van der Waals surface area contributed by atoms with E-state index in [9.17, 15) is 0 Å². The van der Waals surface area contributed by atoms with Crippen molar-refractivity contribution in [1.82, 2.24) is 0 Å². The lowest BCUT2D eigenvalue weighted by atomic mass is 9.53. The monoisotopic (exact) mass is 1010 g/mol. The standard InChI is InChI=1S/C21H28.C18H36.C15H24.C10H8.2C5H12/c1-20(2,3)18-11-7-16(8-12-18)15-17-9-13-19(14-10-17)21(4,5)6;1-15(2,3)12-18(9)11-14(16(4,5)6)10-17(7,8)13-18;1-11-8-9-12(14(2,3)4)10-13(11)15(5,6)7;1-2-6-10-8-4-3-7-9(10)5-1;2*1-5(2,3)4/h7-14H,15H2,1-6H3;14H,10-13H2,1-9H3;8-10H,1-7H3;1-8H;2*1-4H3. The molecule has 0 aliphatic heterocycles. The van der Waals surface area contributed by atoms with E-state index < -0.39 is 0 Å².